The Morgan fingerprint density at radius 1 is 1.33 bits per heavy atom. The molecule has 76 valence electrons. The van der Waals surface area contributed by atoms with E-state index < -0.39 is 17.4 Å². The topological polar surface area (TPSA) is 103 Å². The van der Waals surface area contributed by atoms with E-state index in [4.69, 9.17) is 0 Å². The number of hydrogen-bond donors (Lipinski definition) is 1. The number of H-pyrrole nitrogens is 1. The van der Waals surface area contributed by atoms with Gasteiger partial charge in [0.1, 0.15) is 0 Å². The summed E-state index contributed by atoms with van der Waals surface area (Å²) in [7, 11) is 0. The monoisotopic (exact) mass is 206 g/mol. The van der Waals surface area contributed by atoms with Crippen LogP contribution in [-0.4, -0.2) is 11.0 Å². The Bertz CT molecular complexity index is 651. The zero-order valence-corrected chi connectivity index (χ0v) is 7.27. The first-order valence-electron chi connectivity index (χ1n) is 3.96. The van der Waals surface area contributed by atoms with Crippen molar-refractivity contribution < 1.29 is 14.3 Å². The van der Waals surface area contributed by atoms with Crippen molar-refractivity contribution in [1.29, 1.82) is 0 Å². The Balaban J connectivity index is 2.88. The Morgan fingerprint density at radius 3 is 2.73 bits per heavy atom. The van der Waals surface area contributed by atoms with Crippen LogP contribution in [0.3, 0.4) is 0 Å². The summed E-state index contributed by atoms with van der Waals surface area (Å²) in [6.45, 7) is 0. The third-order valence-corrected chi connectivity index (χ3v) is 1.90. The molecular formula is C9H4NO5-. The van der Waals surface area contributed by atoms with E-state index in [0.29, 0.717) is 0 Å². The van der Waals surface area contributed by atoms with E-state index in [1.807, 2.05) is 0 Å². The van der Waals surface area contributed by atoms with E-state index in [-0.39, 0.29) is 16.5 Å². The number of hydrogen-bond acceptors (Lipinski definition) is 5. The van der Waals surface area contributed by atoms with Gasteiger partial charge in [-0.05, 0) is 17.7 Å². The second kappa shape index (κ2) is 3.09. The molecule has 0 saturated heterocycles. The molecule has 1 aromatic carbocycles. The maximum absolute atomic E-state index is 11.1. The molecule has 0 aliphatic rings. The van der Waals surface area contributed by atoms with E-state index in [1.165, 1.54) is 12.1 Å². The second-order valence-electron chi connectivity index (χ2n) is 2.85. The third kappa shape index (κ3) is 1.52. The number of carbonyl (C=O) groups excluding carboxylic acids is 1. The first-order valence-corrected chi connectivity index (χ1v) is 3.96. The van der Waals surface area contributed by atoms with Crippen molar-refractivity contribution in [2.24, 2.45) is 0 Å². The normalized spacial score (nSPS) is 10.4. The van der Waals surface area contributed by atoms with Gasteiger partial charge in [-0.15, -0.1) is 0 Å². The molecule has 0 radical (unpaired) electrons. The van der Waals surface area contributed by atoms with Crippen molar-refractivity contribution in [2.75, 3.05) is 0 Å². The van der Waals surface area contributed by atoms with Crippen LogP contribution in [0, 0.1) is 0 Å². The van der Waals surface area contributed by atoms with Crippen LogP contribution in [0.4, 0.5) is 0 Å². The number of rotatable bonds is 1. The minimum Gasteiger partial charge on any atom is -0.545 e. The molecule has 0 atom stereocenters. The fourth-order valence-corrected chi connectivity index (χ4v) is 1.23. The van der Waals surface area contributed by atoms with Gasteiger partial charge in [-0.25, -0.2) is 9.59 Å². The van der Waals surface area contributed by atoms with Crippen LogP contribution in [0.15, 0.2) is 32.2 Å². The lowest BCUT2D eigenvalue weighted by Crippen LogP contribution is -2.22. The molecule has 6 nitrogen and oxygen atoms in total. The molecule has 0 saturated carbocycles. The van der Waals surface area contributed by atoms with Crippen LogP contribution in [0.2, 0.25) is 0 Å². The zero-order valence-electron chi connectivity index (χ0n) is 7.27. The van der Waals surface area contributed by atoms with Gasteiger partial charge in [-0.3, -0.25) is 4.98 Å². The van der Waals surface area contributed by atoms with Crippen LogP contribution >= 0.6 is 0 Å². The lowest BCUT2D eigenvalue weighted by Gasteiger charge is -2.02. The second-order valence-corrected chi connectivity index (χ2v) is 2.85. The Hall–Kier alpha value is -2.37. The lowest BCUT2D eigenvalue weighted by atomic mass is 10.1. The van der Waals surface area contributed by atoms with Gasteiger partial charge in [0.15, 0.2) is 0 Å². The van der Waals surface area contributed by atoms with Crippen molar-refractivity contribution >= 4 is 16.9 Å². The summed E-state index contributed by atoms with van der Waals surface area (Å²) in [6.07, 6.45) is 0. The van der Waals surface area contributed by atoms with E-state index >= 15 is 0 Å². The molecule has 1 aromatic heterocycles. The molecule has 1 heterocycles. The van der Waals surface area contributed by atoms with Gasteiger partial charge >= 0.3 is 11.4 Å². The highest BCUT2D eigenvalue weighted by Crippen LogP contribution is 2.07. The molecule has 0 unspecified atom stereocenters. The van der Waals surface area contributed by atoms with Crippen molar-refractivity contribution in [3.8, 4) is 0 Å². The SMILES string of the molecule is O=C([O-])c1ccc2c(=O)oc(=O)[nH]c2c1. The quantitative estimate of drug-likeness (QED) is 0.634. The maximum Gasteiger partial charge on any atom is 0.419 e. The van der Waals surface area contributed by atoms with Gasteiger partial charge in [-0.2, -0.15) is 0 Å². The largest absolute Gasteiger partial charge is 0.545 e. The first kappa shape index (κ1) is 9.20. The molecule has 0 spiro atoms. The molecule has 0 bridgehead atoms. The van der Waals surface area contributed by atoms with Gasteiger partial charge in [-0.1, -0.05) is 6.07 Å². The zero-order chi connectivity index (χ0) is 11.0. The van der Waals surface area contributed by atoms with Gasteiger partial charge in [0.25, 0.3) is 0 Å². The highest BCUT2D eigenvalue weighted by Gasteiger charge is 2.03. The summed E-state index contributed by atoms with van der Waals surface area (Å²) in [5.74, 6) is -2.31. The predicted molar refractivity (Wildman–Crippen MR) is 47.4 cm³/mol. The molecule has 0 amide bonds. The fourth-order valence-electron chi connectivity index (χ4n) is 1.23. The number of fused-ring (bicyclic) bond motifs is 1. The minimum atomic E-state index is -1.38. The molecule has 0 aliphatic heterocycles. The number of aromatic nitrogens is 1. The van der Waals surface area contributed by atoms with Gasteiger partial charge in [0, 0.05) is 0 Å². The van der Waals surface area contributed by atoms with Crippen LogP contribution in [0.5, 0.6) is 0 Å². The van der Waals surface area contributed by atoms with Crippen LogP contribution < -0.4 is 16.5 Å². The summed E-state index contributed by atoms with van der Waals surface area (Å²) in [5, 5.41) is 10.6. The number of nitrogens with one attached hydrogen (secondary N) is 1. The first-order chi connectivity index (χ1) is 7.08. The van der Waals surface area contributed by atoms with Crippen molar-refractivity contribution in [3.05, 3.63) is 44.7 Å². The fraction of sp³-hybridized carbons (Fsp3) is 0. The molecule has 0 aliphatic carbocycles. The Kier molecular flexibility index (Phi) is 1.89. The van der Waals surface area contributed by atoms with Crippen molar-refractivity contribution in [2.45, 2.75) is 0 Å². The third-order valence-electron chi connectivity index (χ3n) is 1.90. The maximum atomic E-state index is 11.1. The Morgan fingerprint density at radius 2 is 2.07 bits per heavy atom. The average Bonchev–Trinajstić information content (AvgIpc) is 2.16. The smallest absolute Gasteiger partial charge is 0.419 e. The summed E-state index contributed by atoms with van der Waals surface area (Å²) in [6, 6.07) is 3.60. The van der Waals surface area contributed by atoms with E-state index in [1.54, 1.807) is 0 Å². The predicted octanol–water partition coefficient (Wildman–Crippen LogP) is -1.16. The molecule has 1 N–H and O–H groups in total. The average molecular weight is 206 g/mol. The van der Waals surface area contributed by atoms with Gasteiger partial charge in [0.2, 0.25) is 0 Å². The highest BCUT2D eigenvalue weighted by molar-refractivity contribution is 5.91. The van der Waals surface area contributed by atoms with Crippen molar-refractivity contribution in [1.82, 2.24) is 4.98 Å². The summed E-state index contributed by atoms with van der Waals surface area (Å²) < 4.78 is 4.26. The van der Waals surface area contributed by atoms with Crippen molar-refractivity contribution in [3.63, 3.8) is 0 Å². The Labute approximate surface area is 81.8 Å². The highest BCUT2D eigenvalue weighted by atomic mass is 16.4. The van der Waals surface area contributed by atoms with E-state index in [9.17, 15) is 19.5 Å². The van der Waals surface area contributed by atoms with Gasteiger partial charge in [0.05, 0.1) is 16.9 Å². The number of carbonyl (C=O) groups is 1. The summed E-state index contributed by atoms with van der Waals surface area (Å²) >= 11 is 0. The molecular weight excluding hydrogens is 202 g/mol. The summed E-state index contributed by atoms with van der Waals surface area (Å²) in [5.41, 5.74) is -0.819. The van der Waals surface area contributed by atoms with Crippen LogP contribution in [0.25, 0.3) is 10.9 Å². The number of benzene rings is 1. The lowest BCUT2D eigenvalue weighted by molar-refractivity contribution is -0.255. The van der Waals surface area contributed by atoms with E-state index in [0.717, 1.165) is 6.07 Å². The standard InChI is InChI=1S/C9H5NO5/c11-7(12)4-1-2-5-6(3-4)10-9(14)15-8(5)13/h1-3H,(H,10,14)(H,11,12)/p-1. The molecule has 2 rings (SSSR count). The summed E-state index contributed by atoms with van der Waals surface area (Å²) in [4.78, 5) is 34.7. The molecule has 2 aromatic rings. The molecule has 0 fully saturated rings. The number of carboxylic acids is 1. The number of aromatic amines is 1. The minimum absolute atomic E-state index is 0.109. The number of aromatic carboxylic acids is 1. The molecule has 6 heteroatoms. The van der Waals surface area contributed by atoms with Crippen LogP contribution in [-0.2, 0) is 0 Å². The van der Waals surface area contributed by atoms with Crippen LogP contribution in [0.1, 0.15) is 10.4 Å². The van der Waals surface area contributed by atoms with Gasteiger partial charge < -0.3 is 14.3 Å². The molecule has 15 heavy (non-hydrogen) atoms. The van der Waals surface area contributed by atoms with E-state index in [2.05, 4.69) is 9.40 Å². The number of carboxylic acid groups (broad SMARTS) is 1.